The maximum Gasteiger partial charge on any atom is 0.245 e. The number of benzene rings is 1. The largest absolute Gasteiger partial charge is 0.384 e. The zero-order chi connectivity index (χ0) is 27.6. The standard InChI is InChI=1S/C27H29FN4O5S2/c1-37-10-11-39(35,36)25(26(34)30-15-23(33)31-19-8-9-19)27-32-24-20(28)12-18(13-22(24)38-27)17-4-2-3-5-21(29-14-17)16-6-7-16/h2-5,12-14,16,19,25H,6-11,15H2,1H3,(H,30,34)(H,31,33)/b3-2?,4-2+,5-3+,17-4?,17-14+,21-5?,29-14?,29-21+. The molecule has 0 saturated heterocycles. The highest BCUT2D eigenvalue weighted by atomic mass is 32.2. The molecule has 2 aromatic rings. The van der Waals surface area contributed by atoms with E-state index in [1.807, 2.05) is 24.3 Å². The SMILES string of the molecule is COCCS(=O)(=O)C(C(=O)NCC(=O)NC1CC1)c1nc2c(F)cc(C3=C/N=C(C4CC4)\C=C\C=C\3)cc2s1. The summed E-state index contributed by atoms with van der Waals surface area (Å²) in [6, 6.07) is 3.14. The van der Waals surface area contributed by atoms with Gasteiger partial charge >= 0.3 is 0 Å². The lowest BCUT2D eigenvalue weighted by Crippen LogP contribution is -2.42. The van der Waals surface area contributed by atoms with Gasteiger partial charge in [0.25, 0.3) is 0 Å². The molecular weight excluding hydrogens is 543 g/mol. The summed E-state index contributed by atoms with van der Waals surface area (Å²) in [5, 5.41) is 3.37. The number of ether oxygens (including phenoxy) is 1. The number of hydrogen-bond acceptors (Lipinski definition) is 8. The minimum atomic E-state index is -4.09. The topological polar surface area (TPSA) is 127 Å². The van der Waals surface area contributed by atoms with E-state index >= 15 is 4.39 Å². The normalized spacial score (nSPS) is 22.5. The predicted molar refractivity (Wildman–Crippen MR) is 149 cm³/mol. The molecule has 12 heteroatoms. The minimum absolute atomic E-state index is 0.0255. The molecule has 2 saturated carbocycles. The number of hydrogen-bond donors (Lipinski definition) is 2. The van der Waals surface area contributed by atoms with E-state index in [-0.39, 0.29) is 29.7 Å². The van der Waals surface area contributed by atoms with Crippen LogP contribution in [-0.4, -0.2) is 63.0 Å². The minimum Gasteiger partial charge on any atom is -0.384 e. The third kappa shape index (κ3) is 6.68. The Morgan fingerprint density at radius 3 is 2.67 bits per heavy atom. The van der Waals surface area contributed by atoms with Crippen LogP contribution in [0.5, 0.6) is 0 Å². The van der Waals surface area contributed by atoms with Crippen molar-refractivity contribution in [2.45, 2.75) is 37.0 Å². The number of carbonyl (C=O) groups excluding carboxylic acids is 2. The van der Waals surface area contributed by atoms with E-state index in [4.69, 9.17) is 4.74 Å². The number of carbonyl (C=O) groups is 2. The van der Waals surface area contributed by atoms with Gasteiger partial charge in [-0.15, -0.1) is 11.3 Å². The summed E-state index contributed by atoms with van der Waals surface area (Å²) in [5.41, 5.74) is 2.21. The fourth-order valence-corrected chi connectivity index (χ4v) is 7.12. The van der Waals surface area contributed by atoms with Crippen LogP contribution in [0.1, 0.15) is 41.5 Å². The number of aliphatic imine (C=N–C) groups is 1. The number of aromatic nitrogens is 1. The van der Waals surface area contributed by atoms with Gasteiger partial charge < -0.3 is 15.4 Å². The fourth-order valence-electron chi connectivity index (χ4n) is 4.13. The molecule has 2 amide bonds. The second-order valence-corrected chi connectivity index (χ2v) is 13.1. The summed E-state index contributed by atoms with van der Waals surface area (Å²) in [5.74, 6) is -1.92. The van der Waals surface area contributed by atoms with E-state index in [9.17, 15) is 18.0 Å². The van der Waals surface area contributed by atoms with Crippen molar-refractivity contribution in [3.05, 3.63) is 59.0 Å². The van der Waals surface area contributed by atoms with E-state index < -0.39 is 38.5 Å². The molecule has 0 radical (unpaired) electrons. The third-order valence-electron chi connectivity index (χ3n) is 6.56. The van der Waals surface area contributed by atoms with Gasteiger partial charge in [-0.05, 0) is 49.5 Å². The van der Waals surface area contributed by atoms with Gasteiger partial charge in [0.05, 0.1) is 23.6 Å². The molecule has 3 aliphatic rings. The van der Waals surface area contributed by atoms with Gasteiger partial charge in [-0.1, -0.05) is 18.2 Å². The summed E-state index contributed by atoms with van der Waals surface area (Å²) in [6.07, 6.45) is 13.2. The lowest BCUT2D eigenvalue weighted by molar-refractivity contribution is -0.126. The van der Waals surface area contributed by atoms with E-state index in [1.165, 1.54) is 13.2 Å². The van der Waals surface area contributed by atoms with Crippen LogP contribution in [0, 0.1) is 11.7 Å². The lowest BCUT2D eigenvalue weighted by atomic mass is 10.0. The van der Waals surface area contributed by atoms with Crippen molar-refractivity contribution in [3.8, 4) is 0 Å². The Bertz CT molecular complexity index is 1520. The highest BCUT2D eigenvalue weighted by Crippen LogP contribution is 2.36. The van der Waals surface area contributed by atoms with Crippen LogP contribution < -0.4 is 10.6 Å². The quantitative estimate of drug-likeness (QED) is 0.426. The Labute approximate surface area is 229 Å². The summed E-state index contributed by atoms with van der Waals surface area (Å²) < 4.78 is 47.0. The Balaban J connectivity index is 1.46. The molecule has 206 valence electrons. The molecule has 5 rings (SSSR count). The third-order valence-corrected chi connectivity index (χ3v) is 9.67. The average molecular weight is 573 g/mol. The molecule has 0 spiro atoms. The summed E-state index contributed by atoms with van der Waals surface area (Å²) in [6.45, 7) is -0.497. The van der Waals surface area contributed by atoms with Gasteiger partial charge in [0, 0.05) is 36.6 Å². The Morgan fingerprint density at radius 1 is 1.18 bits per heavy atom. The smallest absolute Gasteiger partial charge is 0.245 e. The van der Waals surface area contributed by atoms with E-state index in [2.05, 4.69) is 20.6 Å². The molecule has 2 N–H and O–H groups in total. The Kier molecular flexibility index (Phi) is 8.06. The van der Waals surface area contributed by atoms with Crippen LogP contribution in [-0.2, 0) is 24.2 Å². The second kappa shape index (κ2) is 11.5. The molecule has 2 fully saturated rings. The molecule has 9 nitrogen and oxygen atoms in total. The highest BCUT2D eigenvalue weighted by Gasteiger charge is 2.37. The van der Waals surface area contributed by atoms with Crippen LogP contribution in [0.15, 0.2) is 47.6 Å². The molecule has 39 heavy (non-hydrogen) atoms. The van der Waals surface area contributed by atoms with Gasteiger partial charge in [0.2, 0.25) is 11.8 Å². The number of allylic oxidation sites excluding steroid dienone is 5. The first-order valence-corrected chi connectivity index (χ1v) is 15.3. The van der Waals surface area contributed by atoms with Crippen LogP contribution in [0.2, 0.25) is 0 Å². The Hall–Kier alpha value is -3.22. The summed E-state index contributed by atoms with van der Waals surface area (Å²) >= 11 is 0.932. The number of amides is 2. The molecule has 1 unspecified atom stereocenters. The summed E-state index contributed by atoms with van der Waals surface area (Å²) in [7, 11) is -2.74. The number of nitrogens with one attached hydrogen (secondary N) is 2. The number of halogens is 1. The van der Waals surface area contributed by atoms with Crippen molar-refractivity contribution in [3.63, 3.8) is 0 Å². The van der Waals surface area contributed by atoms with Gasteiger partial charge in [-0.25, -0.2) is 17.8 Å². The van der Waals surface area contributed by atoms with Crippen LogP contribution in [0.3, 0.4) is 0 Å². The fraction of sp³-hybridized carbons (Fsp3) is 0.407. The van der Waals surface area contributed by atoms with Gasteiger partial charge in [0.15, 0.2) is 20.9 Å². The first-order valence-electron chi connectivity index (χ1n) is 12.8. The second-order valence-electron chi connectivity index (χ2n) is 9.79. The maximum absolute atomic E-state index is 15.3. The number of nitrogens with zero attached hydrogens (tertiary/aromatic N) is 2. The van der Waals surface area contributed by atoms with E-state index in [0.29, 0.717) is 21.8 Å². The van der Waals surface area contributed by atoms with Crippen molar-refractivity contribution in [2.75, 3.05) is 26.0 Å². The molecule has 0 bridgehead atoms. The number of sulfone groups is 1. The van der Waals surface area contributed by atoms with Gasteiger partial charge in [-0.2, -0.15) is 0 Å². The highest BCUT2D eigenvalue weighted by molar-refractivity contribution is 7.92. The average Bonchev–Trinajstić information content (AvgIpc) is 3.81. The number of thiazole rings is 1. The van der Waals surface area contributed by atoms with E-state index in [1.54, 1.807) is 12.3 Å². The number of rotatable bonds is 11. The van der Waals surface area contributed by atoms with Crippen LogP contribution in [0.4, 0.5) is 4.39 Å². The zero-order valence-corrected chi connectivity index (χ0v) is 23.0. The monoisotopic (exact) mass is 572 g/mol. The van der Waals surface area contributed by atoms with Crippen molar-refractivity contribution in [2.24, 2.45) is 10.9 Å². The lowest BCUT2D eigenvalue weighted by Gasteiger charge is -2.15. The van der Waals surface area contributed by atoms with Crippen LogP contribution >= 0.6 is 11.3 Å². The Morgan fingerprint density at radius 2 is 1.95 bits per heavy atom. The maximum atomic E-state index is 15.3. The van der Waals surface area contributed by atoms with Crippen molar-refractivity contribution in [1.29, 1.82) is 0 Å². The first-order chi connectivity index (χ1) is 18.7. The van der Waals surface area contributed by atoms with Crippen molar-refractivity contribution < 1.29 is 27.1 Å². The summed E-state index contributed by atoms with van der Waals surface area (Å²) in [4.78, 5) is 34.0. The van der Waals surface area contributed by atoms with E-state index in [0.717, 1.165) is 42.7 Å². The predicted octanol–water partition coefficient (Wildman–Crippen LogP) is 3.25. The molecule has 2 aliphatic carbocycles. The van der Waals surface area contributed by atoms with Crippen LogP contribution in [0.25, 0.3) is 15.8 Å². The molecule has 1 atom stereocenters. The molecular formula is C27H29FN4O5S2. The molecule has 1 aromatic carbocycles. The molecule has 1 aliphatic heterocycles. The molecule has 2 heterocycles. The first kappa shape index (κ1) is 27.4. The zero-order valence-electron chi connectivity index (χ0n) is 21.4. The number of methoxy groups -OCH3 is 1. The van der Waals surface area contributed by atoms with Crippen molar-refractivity contribution >= 4 is 54.5 Å². The number of fused-ring (bicyclic) bond motifs is 1. The van der Waals surface area contributed by atoms with Gasteiger partial charge in [0.1, 0.15) is 10.5 Å². The van der Waals surface area contributed by atoms with Gasteiger partial charge in [-0.3, -0.25) is 14.6 Å². The van der Waals surface area contributed by atoms with Crippen molar-refractivity contribution in [1.82, 2.24) is 15.6 Å². The molecule has 1 aromatic heterocycles.